The van der Waals surface area contributed by atoms with Crippen molar-refractivity contribution in [1.29, 1.82) is 0 Å². The lowest BCUT2D eigenvalue weighted by Crippen LogP contribution is -2.29. The van der Waals surface area contributed by atoms with Crippen LogP contribution in [-0.2, 0) is 9.53 Å². The van der Waals surface area contributed by atoms with Crippen molar-refractivity contribution < 1.29 is 9.53 Å². The molecule has 0 aliphatic heterocycles. The number of amides is 1. The predicted molar refractivity (Wildman–Crippen MR) is 52.7 cm³/mol. The second-order valence-electron chi connectivity index (χ2n) is 3.00. The number of carbonyl (C=O) groups is 1. The highest BCUT2D eigenvalue weighted by Crippen LogP contribution is 2.09. The van der Waals surface area contributed by atoms with E-state index in [-0.39, 0.29) is 18.6 Å². The van der Waals surface area contributed by atoms with E-state index in [9.17, 15) is 4.79 Å². The van der Waals surface area contributed by atoms with Gasteiger partial charge in [0, 0.05) is 19.5 Å². The quantitative estimate of drug-likeness (QED) is 0.775. The second-order valence-corrected chi connectivity index (χ2v) is 3.00. The molecule has 0 spiro atoms. The molecule has 14 heavy (non-hydrogen) atoms. The Labute approximate surface area is 83.3 Å². The van der Waals surface area contributed by atoms with E-state index in [2.05, 4.69) is 10.3 Å². The van der Waals surface area contributed by atoms with E-state index in [1.807, 2.05) is 19.1 Å². The summed E-state index contributed by atoms with van der Waals surface area (Å²) in [5.74, 6) is -0.114. The van der Waals surface area contributed by atoms with Crippen LogP contribution >= 0.6 is 0 Å². The monoisotopic (exact) mass is 194 g/mol. The minimum atomic E-state index is -0.114. The van der Waals surface area contributed by atoms with E-state index in [1.165, 1.54) is 7.11 Å². The molecule has 0 saturated heterocycles. The SMILES string of the molecule is COCC(=O)N[C@H](C)c1ccncc1. The van der Waals surface area contributed by atoms with Gasteiger partial charge in [-0.25, -0.2) is 0 Å². The first-order chi connectivity index (χ1) is 6.74. The number of rotatable bonds is 4. The lowest BCUT2D eigenvalue weighted by Gasteiger charge is -2.13. The summed E-state index contributed by atoms with van der Waals surface area (Å²) in [5.41, 5.74) is 1.03. The molecule has 0 unspecified atom stereocenters. The first-order valence-electron chi connectivity index (χ1n) is 4.42. The summed E-state index contributed by atoms with van der Waals surface area (Å²) in [6.07, 6.45) is 3.41. The molecule has 4 nitrogen and oxygen atoms in total. The number of hydrogen-bond donors (Lipinski definition) is 1. The van der Waals surface area contributed by atoms with Crippen molar-refractivity contribution in [2.24, 2.45) is 0 Å². The van der Waals surface area contributed by atoms with Gasteiger partial charge < -0.3 is 10.1 Å². The van der Waals surface area contributed by atoms with Gasteiger partial charge in [0.2, 0.25) is 5.91 Å². The third-order valence-corrected chi connectivity index (χ3v) is 1.86. The van der Waals surface area contributed by atoms with Crippen molar-refractivity contribution in [1.82, 2.24) is 10.3 Å². The third-order valence-electron chi connectivity index (χ3n) is 1.86. The molecular formula is C10H14N2O2. The maximum Gasteiger partial charge on any atom is 0.246 e. The highest BCUT2D eigenvalue weighted by Gasteiger charge is 2.07. The van der Waals surface area contributed by atoms with Crippen LogP contribution in [0.3, 0.4) is 0 Å². The molecule has 1 aromatic rings. The third kappa shape index (κ3) is 3.14. The van der Waals surface area contributed by atoms with Gasteiger partial charge in [0.05, 0.1) is 6.04 Å². The van der Waals surface area contributed by atoms with Crippen LogP contribution < -0.4 is 5.32 Å². The van der Waals surface area contributed by atoms with E-state index in [4.69, 9.17) is 4.74 Å². The highest BCUT2D eigenvalue weighted by molar-refractivity contribution is 5.77. The number of nitrogens with one attached hydrogen (secondary N) is 1. The van der Waals surface area contributed by atoms with E-state index >= 15 is 0 Å². The van der Waals surface area contributed by atoms with Gasteiger partial charge >= 0.3 is 0 Å². The number of carbonyl (C=O) groups excluding carboxylic acids is 1. The van der Waals surface area contributed by atoms with E-state index < -0.39 is 0 Å². The Morgan fingerprint density at radius 3 is 2.79 bits per heavy atom. The van der Waals surface area contributed by atoms with Crippen molar-refractivity contribution in [3.8, 4) is 0 Å². The summed E-state index contributed by atoms with van der Waals surface area (Å²) in [6.45, 7) is 2.01. The Morgan fingerprint density at radius 2 is 2.21 bits per heavy atom. The number of nitrogens with zero attached hydrogens (tertiary/aromatic N) is 1. The normalized spacial score (nSPS) is 12.1. The molecule has 1 rings (SSSR count). The first-order valence-corrected chi connectivity index (χ1v) is 4.42. The maximum atomic E-state index is 11.2. The Kier molecular flexibility index (Phi) is 4.07. The van der Waals surface area contributed by atoms with Gasteiger partial charge in [-0.2, -0.15) is 0 Å². The molecule has 0 bridgehead atoms. The molecule has 1 N–H and O–H groups in total. The molecule has 0 fully saturated rings. The van der Waals surface area contributed by atoms with Crippen LogP contribution in [0.5, 0.6) is 0 Å². The van der Waals surface area contributed by atoms with Crippen molar-refractivity contribution in [2.45, 2.75) is 13.0 Å². The van der Waals surface area contributed by atoms with Crippen LogP contribution in [0.1, 0.15) is 18.5 Å². The zero-order chi connectivity index (χ0) is 10.4. The van der Waals surface area contributed by atoms with Gasteiger partial charge in [-0.1, -0.05) is 0 Å². The summed E-state index contributed by atoms with van der Waals surface area (Å²) < 4.78 is 4.72. The fourth-order valence-electron chi connectivity index (χ4n) is 1.15. The molecule has 1 amide bonds. The molecule has 0 aliphatic carbocycles. The van der Waals surface area contributed by atoms with Crippen LogP contribution in [0, 0.1) is 0 Å². The predicted octanol–water partition coefficient (Wildman–Crippen LogP) is 0.905. The average Bonchev–Trinajstić information content (AvgIpc) is 2.19. The molecule has 0 aliphatic rings. The van der Waals surface area contributed by atoms with Gasteiger partial charge in [-0.05, 0) is 24.6 Å². The molecular weight excluding hydrogens is 180 g/mol. The van der Waals surface area contributed by atoms with Gasteiger partial charge in [0.15, 0.2) is 0 Å². The number of methoxy groups -OCH3 is 1. The van der Waals surface area contributed by atoms with Gasteiger partial charge in [0.1, 0.15) is 6.61 Å². The zero-order valence-corrected chi connectivity index (χ0v) is 8.36. The van der Waals surface area contributed by atoms with E-state index in [1.54, 1.807) is 12.4 Å². The van der Waals surface area contributed by atoms with Crippen LogP contribution in [0.15, 0.2) is 24.5 Å². The average molecular weight is 194 g/mol. The Hall–Kier alpha value is -1.42. The summed E-state index contributed by atoms with van der Waals surface area (Å²) in [5, 5.41) is 2.81. The number of hydrogen-bond acceptors (Lipinski definition) is 3. The summed E-state index contributed by atoms with van der Waals surface area (Å²) >= 11 is 0. The smallest absolute Gasteiger partial charge is 0.246 e. The molecule has 1 heterocycles. The topological polar surface area (TPSA) is 51.2 Å². The molecule has 0 aromatic carbocycles. The number of ether oxygens (including phenoxy) is 1. The Balaban J connectivity index is 2.50. The molecule has 0 radical (unpaired) electrons. The number of pyridine rings is 1. The minimum Gasteiger partial charge on any atom is -0.375 e. The van der Waals surface area contributed by atoms with Crippen molar-refractivity contribution in [3.05, 3.63) is 30.1 Å². The molecule has 1 atom stereocenters. The van der Waals surface area contributed by atoms with Gasteiger partial charge in [-0.3, -0.25) is 9.78 Å². The summed E-state index contributed by atoms with van der Waals surface area (Å²) in [7, 11) is 1.50. The molecule has 0 saturated carbocycles. The fraction of sp³-hybridized carbons (Fsp3) is 0.400. The van der Waals surface area contributed by atoms with Crippen LogP contribution in [0.25, 0.3) is 0 Å². The molecule has 1 aromatic heterocycles. The summed E-state index contributed by atoms with van der Waals surface area (Å²) in [4.78, 5) is 15.1. The van der Waals surface area contributed by atoms with E-state index in [0.717, 1.165) is 5.56 Å². The fourth-order valence-corrected chi connectivity index (χ4v) is 1.15. The van der Waals surface area contributed by atoms with Crippen molar-refractivity contribution in [2.75, 3.05) is 13.7 Å². The summed E-state index contributed by atoms with van der Waals surface area (Å²) in [6, 6.07) is 3.73. The maximum absolute atomic E-state index is 11.2. The van der Waals surface area contributed by atoms with Crippen LogP contribution in [0.4, 0.5) is 0 Å². The van der Waals surface area contributed by atoms with E-state index in [0.29, 0.717) is 0 Å². The Bertz CT molecular complexity index is 287. The Morgan fingerprint density at radius 1 is 1.57 bits per heavy atom. The standard InChI is InChI=1S/C10H14N2O2/c1-8(12-10(13)7-14-2)9-3-5-11-6-4-9/h3-6,8H,7H2,1-2H3,(H,12,13)/t8-/m1/s1. The molecule has 76 valence electrons. The van der Waals surface area contributed by atoms with Gasteiger partial charge in [0.25, 0.3) is 0 Å². The van der Waals surface area contributed by atoms with Crippen LogP contribution in [-0.4, -0.2) is 24.6 Å². The number of aromatic nitrogens is 1. The first kappa shape index (κ1) is 10.7. The van der Waals surface area contributed by atoms with Crippen molar-refractivity contribution >= 4 is 5.91 Å². The second kappa shape index (κ2) is 5.34. The van der Waals surface area contributed by atoms with Crippen LogP contribution in [0.2, 0.25) is 0 Å². The lowest BCUT2D eigenvalue weighted by molar-refractivity contribution is -0.125. The lowest BCUT2D eigenvalue weighted by atomic mass is 10.1. The largest absolute Gasteiger partial charge is 0.375 e. The van der Waals surface area contributed by atoms with Crippen molar-refractivity contribution in [3.63, 3.8) is 0 Å². The van der Waals surface area contributed by atoms with Gasteiger partial charge in [-0.15, -0.1) is 0 Å². The molecule has 4 heteroatoms. The minimum absolute atomic E-state index is 0.0133. The highest BCUT2D eigenvalue weighted by atomic mass is 16.5. The zero-order valence-electron chi connectivity index (χ0n) is 8.36.